The maximum absolute atomic E-state index is 12.0. The Kier molecular flexibility index (Phi) is 2.98. The summed E-state index contributed by atoms with van der Waals surface area (Å²) in [5, 5.41) is 0. The van der Waals surface area contributed by atoms with Crippen molar-refractivity contribution in [3.8, 4) is 5.75 Å². The average molecular weight is 232 g/mol. The molecule has 0 fully saturated rings. The second-order valence-electron chi connectivity index (χ2n) is 5.38. The van der Waals surface area contributed by atoms with Crippen LogP contribution in [0.25, 0.3) is 0 Å². The van der Waals surface area contributed by atoms with E-state index in [9.17, 15) is 4.79 Å². The number of benzene rings is 1. The molecule has 0 spiro atoms. The number of rotatable bonds is 3. The first-order chi connectivity index (χ1) is 7.99. The maximum Gasteiger partial charge on any atom is 0.321 e. The third-order valence-corrected chi connectivity index (χ3v) is 3.67. The van der Waals surface area contributed by atoms with Crippen molar-refractivity contribution in [2.75, 3.05) is 0 Å². The van der Waals surface area contributed by atoms with Gasteiger partial charge in [-0.2, -0.15) is 0 Å². The Morgan fingerprint density at radius 2 is 2.06 bits per heavy atom. The number of hydrogen-bond donors (Lipinski definition) is 0. The van der Waals surface area contributed by atoms with Crippen LogP contribution in [0.2, 0.25) is 0 Å². The number of hydrogen-bond acceptors (Lipinski definition) is 2. The molecule has 0 radical (unpaired) electrons. The van der Waals surface area contributed by atoms with Gasteiger partial charge in [0.2, 0.25) is 0 Å². The van der Waals surface area contributed by atoms with E-state index in [1.54, 1.807) is 0 Å². The number of fused-ring (bicyclic) bond motifs is 1. The average Bonchev–Trinajstić information content (AvgIpc) is 2.51. The SMILES string of the molecule is CCCC1(C)C(=O)Oc2cc(C(C)C)ccc21. The molecule has 2 rings (SSSR count). The van der Waals surface area contributed by atoms with Gasteiger partial charge < -0.3 is 4.74 Å². The van der Waals surface area contributed by atoms with Crippen molar-refractivity contribution in [3.05, 3.63) is 29.3 Å². The fourth-order valence-corrected chi connectivity index (χ4v) is 2.50. The quantitative estimate of drug-likeness (QED) is 0.585. The third-order valence-electron chi connectivity index (χ3n) is 3.67. The van der Waals surface area contributed by atoms with Gasteiger partial charge in [-0.3, -0.25) is 4.79 Å². The van der Waals surface area contributed by atoms with Crippen LogP contribution in [0.1, 0.15) is 57.6 Å². The highest BCUT2D eigenvalue weighted by Gasteiger charge is 2.44. The van der Waals surface area contributed by atoms with Crippen LogP contribution in [-0.4, -0.2) is 5.97 Å². The van der Waals surface area contributed by atoms with Crippen molar-refractivity contribution >= 4 is 5.97 Å². The van der Waals surface area contributed by atoms with Crippen LogP contribution >= 0.6 is 0 Å². The second-order valence-corrected chi connectivity index (χ2v) is 5.38. The molecule has 1 aliphatic heterocycles. The third kappa shape index (κ3) is 1.86. The maximum atomic E-state index is 12.0. The molecular formula is C15H20O2. The molecule has 17 heavy (non-hydrogen) atoms. The Balaban J connectivity index is 2.45. The fraction of sp³-hybridized carbons (Fsp3) is 0.533. The first-order valence-corrected chi connectivity index (χ1v) is 6.35. The van der Waals surface area contributed by atoms with E-state index in [2.05, 4.69) is 32.9 Å². The van der Waals surface area contributed by atoms with Gasteiger partial charge >= 0.3 is 5.97 Å². The number of ether oxygens (including phenoxy) is 1. The highest BCUT2D eigenvalue weighted by Crippen LogP contribution is 2.43. The summed E-state index contributed by atoms with van der Waals surface area (Å²) in [6.07, 6.45) is 1.83. The summed E-state index contributed by atoms with van der Waals surface area (Å²) < 4.78 is 5.43. The van der Waals surface area contributed by atoms with Crippen LogP contribution in [0.3, 0.4) is 0 Å². The lowest BCUT2D eigenvalue weighted by Crippen LogP contribution is -2.29. The molecule has 0 amide bonds. The van der Waals surface area contributed by atoms with Crippen LogP contribution in [0.15, 0.2) is 18.2 Å². The number of carbonyl (C=O) groups excluding carboxylic acids is 1. The van der Waals surface area contributed by atoms with Crippen LogP contribution < -0.4 is 4.74 Å². The standard InChI is InChI=1S/C15H20O2/c1-5-8-15(4)12-7-6-11(10(2)3)9-13(12)17-14(15)16/h6-7,9-10H,5,8H2,1-4H3. The predicted molar refractivity (Wildman–Crippen MR) is 68.4 cm³/mol. The molecule has 1 aromatic rings. The van der Waals surface area contributed by atoms with Gasteiger partial charge in [0.05, 0.1) is 5.41 Å². The molecule has 1 aromatic carbocycles. The Morgan fingerprint density at radius 1 is 1.35 bits per heavy atom. The van der Waals surface area contributed by atoms with E-state index in [0.717, 1.165) is 24.2 Å². The minimum atomic E-state index is -0.445. The molecule has 0 bridgehead atoms. The van der Waals surface area contributed by atoms with Gasteiger partial charge in [0.15, 0.2) is 0 Å². The predicted octanol–water partition coefficient (Wildman–Crippen LogP) is 3.79. The van der Waals surface area contributed by atoms with Gasteiger partial charge in [-0.05, 0) is 30.9 Å². The van der Waals surface area contributed by atoms with Crippen molar-refractivity contribution in [1.82, 2.24) is 0 Å². The van der Waals surface area contributed by atoms with Crippen molar-refractivity contribution in [3.63, 3.8) is 0 Å². The Labute approximate surface area is 103 Å². The lowest BCUT2D eigenvalue weighted by molar-refractivity contribution is -0.138. The van der Waals surface area contributed by atoms with Crippen molar-refractivity contribution in [2.45, 2.75) is 51.9 Å². The first kappa shape index (κ1) is 12.2. The topological polar surface area (TPSA) is 26.3 Å². The van der Waals surface area contributed by atoms with Gasteiger partial charge in [0.1, 0.15) is 5.75 Å². The summed E-state index contributed by atoms with van der Waals surface area (Å²) >= 11 is 0. The van der Waals surface area contributed by atoms with Crippen LogP contribution in [-0.2, 0) is 10.2 Å². The molecule has 0 N–H and O–H groups in total. The summed E-state index contributed by atoms with van der Waals surface area (Å²) in [5.74, 6) is 1.12. The van der Waals surface area contributed by atoms with Crippen LogP contribution in [0, 0.1) is 0 Å². The zero-order valence-corrected chi connectivity index (χ0v) is 11.0. The molecule has 0 aromatic heterocycles. The van der Waals surface area contributed by atoms with E-state index < -0.39 is 5.41 Å². The van der Waals surface area contributed by atoms with Crippen molar-refractivity contribution in [1.29, 1.82) is 0 Å². The lowest BCUT2D eigenvalue weighted by atomic mass is 9.79. The van der Waals surface area contributed by atoms with Crippen LogP contribution in [0.5, 0.6) is 5.75 Å². The summed E-state index contributed by atoms with van der Waals surface area (Å²) in [6.45, 7) is 8.37. The van der Waals surface area contributed by atoms with E-state index in [1.807, 2.05) is 13.0 Å². The van der Waals surface area contributed by atoms with Crippen molar-refractivity contribution < 1.29 is 9.53 Å². The van der Waals surface area contributed by atoms with Crippen molar-refractivity contribution in [2.24, 2.45) is 0 Å². The molecule has 0 aliphatic carbocycles. The number of esters is 1. The van der Waals surface area contributed by atoms with Gasteiger partial charge in [-0.15, -0.1) is 0 Å². The normalized spacial score (nSPS) is 22.8. The summed E-state index contributed by atoms with van der Waals surface area (Å²) in [7, 11) is 0. The summed E-state index contributed by atoms with van der Waals surface area (Å²) in [6, 6.07) is 6.18. The van der Waals surface area contributed by atoms with Gasteiger partial charge in [-0.1, -0.05) is 39.3 Å². The monoisotopic (exact) mass is 232 g/mol. The molecule has 1 aliphatic rings. The van der Waals surface area contributed by atoms with E-state index in [-0.39, 0.29) is 5.97 Å². The molecule has 0 saturated carbocycles. The van der Waals surface area contributed by atoms with Gasteiger partial charge in [0, 0.05) is 5.56 Å². The highest BCUT2D eigenvalue weighted by atomic mass is 16.5. The zero-order chi connectivity index (χ0) is 12.6. The lowest BCUT2D eigenvalue weighted by Gasteiger charge is -2.19. The Bertz CT molecular complexity index is 448. The molecule has 2 heteroatoms. The Morgan fingerprint density at radius 3 is 2.65 bits per heavy atom. The molecule has 0 saturated heterocycles. The molecule has 1 atom stereocenters. The molecule has 1 unspecified atom stereocenters. The van der Waals surface area contributed by atoms with Crippen LogP contribution in [0.4, 0.5) is 0 Å². The van der Waals surface area contributed by atoms with E-state index in [4.69, 9.17) is 4.74 Å². The minimum Gasteiger partial charge on any atom is -0.426 e. The summed E-state index contributed by atoms with van der Waals surface area (Å²) in [5.41, 5.74) is 1.82. The van der Waals surface area contributed by atoms with Gasteiger partial charge in [0.25, 0.3) is 0 Å². The second kappa shape index (κ2) is 4.17. The Hall–Kier alpha value is -1.31. The molecule has 2 nitrogen and oxygen atoms in total. The van der Waals surface area contributed by atoms with E-state index in [1.165, 1.54) is 5.56 Å². The molecular weight excluding hydrogens is 212 g/mol. The zero-order valence-electron chi connectivity index (χ0n) is 11.0. The molecule has 92 valence electrons. The smallest absolute Gasteiger partial charge is 0.321 e. The minimum absolute atomic E-state index is 0.102. The largest absolute Gasteiger partial charge is 0.426 e. The summed E-state index contributed by atoms with van der Waals surface area (Å²) in [4.78, 5) is 12.0. The van der Waals surface area contributed by atoms with E-state index >= 15 is 0 Å². The van der Waals surface area contributed by atoms with E-state index in [0.29, 0.717) is 5.92 Å². The molecule has 1 heterocycles. The number of carbonyl (C=O) groups is 1. The van der Waals surface area contributed by atoms with Gasteiger partial charge in [-0.25, -0.2) is 0 Å². The fourth-order valence-electron chi connectivity index (χ4n) is 2.50. The first-order valence-electron chi connectivity index (χ1n) is 6.35. The highest BCUT2D eigenvalue weighted by molar-refractivity contribution is 5.90.